The molecule has 1 aliphatic rings. The van der Waals surface area contributed by atoms with Crippen molar-refractivity contribution < 1.29 is 0 Å². The van der Waals surface area contributed by atoms with Gasteiger partial charge in [-0.05, 0) is 60.1 Å². The van der Waals surface area contributed by atoms with Gasteiger partial charge in [0.1, 0.15) is 0 Å². The Hall–Kier alpha value is -1.89. The molecule has 1 heterocycles. The minimum atomic E-state index is 0.549. The molecule has 0 spiro atoms. The molecule has 0 atom stereocenters. The predicted molar refractivity (Wildman–Crippen MR) is 95.0 cm³/mol. The van der Waals surface area contributed by atoms with Crippen molar-refractivity contribution in [3.05, 3.63) is 58.8 Å². The summed E-state index contributed by atoms with van der Waals surface area (Å²) in [6.45, 7) is 6.80. The number of hydrogen-bond acceptors (Lipinski definition) is 1. The average molecular weight is 291 g/mol. The number of hydrogen-bond donors (Lipinski definition) is 0. The largest absolute Gasteiger partial charge is 0.256 e. The second-order valence-corrected chi connectivity index (χ2v) is 6.59. The fourth-order valence-electron chi connectivity index (χ4n) is 3.19. The molecule has 22 heavy (non-hydrogen) atoms. The van der Waals surface area contributed by atoms with Gasteiger partial charge in [-0.3, -0.25) is 4.98 Å². The van der Waals surface area contributed by atoms with Gasteiger partial charge in [-0.15, -0.1) is 0 Å². The maximum atomic E-state index is 4.58. The Bertz CT molecular complexity index is 681. The van der Waals surface area contributed by atoms with Gasteiger partial charge in [-0.2, -0.15) is 0 Å². The molecule has 0 amide bonds. The molecule has 0 radical (unpaired) electrons. The van der Waals surface area contributed by atoms with Gasteiger partial charge in [-0.25, -0.2) is 0 Å². The van der Waals surface area contributed by atoms with Crippen LogP contribution in [0, 0.1) is 0 Å². The van der Waals surface area contributed by atoms with Gasteiger partial charge >= 0.3 is 0 Å². The van der Waals surface area contributed by atoms with Crippen LogP contribution in [-0.4, -0.2) is 4.98 Å². The average Bonchev–Trinajstić information content (AvgIpc) is 2.95. The SMILES string of the molecule is CCCCC1=Cc2c(cc(C(C)C)cc2-c2ccccn2)C1. The van der Waals surface area contributed by atoms with Crippen LogP contribution in [0.15, 0.2) is 42.1 Å². The first-order valence-electron chi connectivity index (χ1n) is 8.46. The van der Waals surface area contributed by atoms with Crippen LogP contribution >= 0.6 is 0 Å². The molecule has 0 bridgehead atoms. The topological polar surface area (TPSA) is 12.9 Å². The molecule has 1 heteroatoms. The highest BCUT2D eigenvalue weighted by atomic mass is 14.7. The van der Waals surface area contributed by atoms with Crippen molar-refractivity contribution in [1.29, 1.82) is 0 Å². The second-order valence-electron chi connectivity index (χ2n) is 6.59. The Morgan fingerprint density at radius 3 is 2.73 bits per heavy atom. The Morgan fingerprint density at radius 2 is 2.05 bits per heavy atom. The van der Waals surface area contributed by atoms with Crippen molar-refractivity contribution in [2.75, 3.05) is 0 Å². The highest BCUT2D eigenvalue weighted by Gasteiger charge is 2.19. The first-order valence-corrected chi connectivity index (χ1v) is 8.46. The van der Waals surface area contributed by atoms with Gasteiger partial charge in [0.05, 0.1) is 5.69 Å². The lowest BCUT2D eigenvalue weighted by molar-refractivity contribution is 0.779. The minimum absolute atomic E-state index is 0.549. The Kier molecular flexibility index (Phi) is 4.42. The molecule has 0 saturated heterocycles. The quantitative estimate of drug-likeness (QED) is 0.658. The van der Waals surface area contributed by atoms with Gasteiger partial charge in [0.15, 0.2) is 0 Å². The molecule has 0 saturated carbocycles. The van der Waals surface area contributed by atoms with E-state index in [1.54, 1.807) is 5.57 Å². The van der Waals surface area contributed by atoms with E-state index in [0.29, 0.717) is 5.92 Å². The molecule has 0 unspecified atom stereocenters. The van der Waals surface area contributed by atoms with Crippen molar-refractivity contribution in [2.24, 2.45) is 0 Å². The molecule has 0 N–H and O–H groups in total. The predicted octanol–water partition coefficient (Wildman–Crippen LogP) is 6.00. The minimum Gasteiger partial charge on any atom is -0.256 e. The maximum Gasteiger partial charge on any atom is 0.0708 e. The number of benzene rings is 1. The van der Waals surface area contributed by atoms with E-state index in [9.17, 15) is 0 Å². The fraction of sp³-hybridized carbons (Fsp3) is 0.381. The molecular formula is C21H25N. The molecule has 0 fully saturated rings. The van der Waals surface area contributed by atoms with E-state index in [4.69, 9.17) is 0 Å². The summed E-state index contributed by atoms with van der Waals surface area (Å²) in [5.74, 6) is 0.549. The zero-order valence-electron chi connectivity index (χ0n) is 13.9. The second kappa shape index (κ2) is 6.48. The summed E-state index contributed by atoms with van der Waals surface area (Å²) in [5, 5.41) is 0. The molecular weight excluding hydrogens is 266 g/mol. The van der Waals surface area contributed by atoms with Crippen LogP contribution < -0.4 is 0 Å². The normalized spacial score (nSPS) is 13.4. The number of rotatable bonds is 5. The fourth-order valence-corrected chi connectivity index (χ4v) is 3.19. The molecule has 114 valence electrons. The molecule has 1 aliphatic carbocycles. The number of pyridine rings is 1. The first-order chi connectivity index (χ1) is 10.7. The molecule has 2 aromatic rings. The summed E-state index contributed by atoms with van der Waals surface area (Å²) >= 11 is 0. The summed E-state index contributed by atoms with van der Waals surface area (Å²) in [6.07, 6.45) is 9.20. The number of nitrogens with zero attached hydrogens (tertiary/aromatic N) is 1. The molecule has 1 aromatic carbocycles. The van der Waals surface area contributed by atoms with Crippen molar-refractivity contribution in [2.45, 2.75) is 52.4 Å². The molecule has 3 rings (SSSR count). The monoisotopic (exact) mass is 291 g/mol. The lowest BCUT2D eigenvalue weighted by Gasteiger charge is -2.13. The third kappa shape index (κ3) is 2.99. The van der Waals surface area contributed by atoms with Crippen molar-refractivity contribution >= 4 is 6.08 Å². The summed E-state index contributed by atoms with van der Waals surface area (Å²) in [5.41, 5.74) is 8.27. The highest BCUT2D eigenvalue weighted by Crippen LogP contribution is 2.37. The molecule has 1 aromatic heterocycles. The van der Waals surface area contributed by atoms with Crippen LogP contribution in [0.1, 0.15) is 62.6 Å². The van der Waals surface area contributed by atoms with Crippen LogP contribution in [0.25, 0.3) is 17.3 Å². The molecule has 0 aliphatic heterocycles. The third-order valence-corrected chi connectivity index (χ3v) is 4.51. The zero-order valence-corrected chi connectivity index (χ0v) is 13.9. The van der Waals surface area contributed by atoms with E-state index >= 15 is 0 Å². The zero-order chi connectivity index (χ0) is 15.5. The Morgan fingerprint density at radius 1 is 1.18 bits per heavy atom. The standard InChI is InChI=1S/C21H25N/c1-4-5-8-16-11-18-13-17(15(2)3)14-20(19(18)12-16)21-9-6-7-10-22-21/h6-7,9-10,12-15H,4-5,8,11H2,1-3H3. The Labute approximate surface area is 134 Å². The number of aromatic nitrogens is 1. The lowest BCUT2D eigenvalue weighted by atomic mass is 9.92. The summed E-state index contributed by atoms with van der Waals surface area (Å²) < 4.78 is 0. The number of unbranched alkanes of at least 4 members (excludes halogenated alkanes) is 1. The van der Waals surface area contributed by atoms with E-state index < -0.39 is 0 Å². The van der Waals surface area contributed by atoms with E-state index in [1.165, 1.54) is 41.5 Å². The first kappa shape index (κ1) is 15.0. The third-order valence-electron chi connectivity index (χ3n) is 4.51. The summed E-state index contributed by atoms with van der Waals surface area (Å²) in [4.78, 5) is 4.58. The van der Waals surface area contributed by atoms with Gasteiger partial charge in [0, 0.05) is 11.8 Å². The van der Waals surface area contributed by atoms with Crippen molar-refractivity contribution in [3.63, 3.8) is 0 Å². The van der Waals surface area contributed by atoms with Gasteiger partial charge in [0.25, 0.3) is 0 Å². The number of fused-ring (bicyclic) bond motifs is 1. The summed E-state index contributed by atoms with van der Waals surface area (Å²) in [6, 6.07) is 10.9. The van der Waals surface area contributed by atoms with E-state index in [-0.39, 0.29) is 0 Å². The van der Waals surface area contributed by atoms with Crippen LogP contribution in [0.5, 0.6) is 0 Å². The van der Waals surface area contributed by atoms with E-state index in [0.717, 1.165) is 12.1 Å². The molecule has 1 nitrogen and oxygen atoms in total. The van der Waals surface area contributed by atoms with Crippen molar-refractivity contribution in [1.82, 2.24) is 4.98 Å². The maximum absolute atomic E-state index is 4.58. The number of allylic oxidation sites excluding steroid dienone is 1. The van der Waals surface area contributed by atoms with Crippen LogP contribution in [0.2, 0.25) is 0 Å². The van der Waals surface area contributed by atoms with E-state index in [2.05, 4.69) is 56.1 Å². The van der Waals surface area contributed by atoms with Crippen LogP contribution in [0.3, 0.4) is 0 Å². The lowest BCUT2D eigenvalue weighted by Crippen LogP contribution is -1.96. The van der Waals surface area contributed by atoms with Crippen LogP contribution in [0.4, 0.5) is 0 Å². The van der Waals surface area contributed by atoms with Gasteiger partial charge in [0.2, 0.25) is 0 Å². The Balaban J connectivity index is 2.06. The smallest absolute Gasteiger partial charge is 0.0708 e. The highest BCUT2D eigenvalue weighted by molar-refractivity contribution is 5.80. The van der Waals surface area contributed by atoms with Crippen molar-refractivity contribution in [3.8, 4) is 11.3 Å². The van der Waals surface area contributed by atoms with Gasteiger partial charge in [-0.1, -0.05) is 51.0 Å². The van der Waals surface area contributed by atoms with Crippen LogP contribution in [-0.2, 0) is 6.42 Å². The van der Waals surface area contributed by atoms with Gasteiger partial charge < -0.3 is 0 Å². The summed E-state index contributed by atoms with van der Waals surface area (Å²) in [7, 11) is 0. The van der Waals surface area contributed by atoms with E-state index in [1.807, 2.05) is 12.3 Å².